The second-order valence-corrected chi connectivity index (χ2v) is 6.38. The molecule has 126 valence electrons. The third kappa shape index (κ3) is 3.51. The normalized spacial score (nSPS) is 17.8. The van der Waals surface area contributed by atoms with E-state index in [1.54, 1.807) is 12.1 Å². The number of rotatable bonds is 4. The minimum Gasteiger partial charge on any atom is -0.480 e. The number of aliphatic carboxylic acids is 1. The van der Waals surface area contributed by atoms with E-state index in [0.717, 1.165) is 30.5 Å². The molecule has 1 aromatic heterocycles. The van der Waals surface area contributed by atoms with Crippen molar-refractivity contribution in [3.63, 3.8) is 0 Å². The van der Waals surface area contributed by atoms with Crippen molar-refractivity contribution in [2.45, 2.75) is 38.6 Å². The van der Waals surface area contributed by atoms with E-state index in [1.807, 2.05) is 30.0 Å². The van der Waals surface area contributed by atoms with Crippen LogP contribution in [0.1, 0.15) is 31.9 Å². The van der Waals surface area contributed by atoms with Gasteiger partial charge in [0.1, 0.15) is 11.9 Å². The Balaban J connectivity index is 2.02. The van der Waals surface area contributed by atoms with Gasteiger partial charge in [0.05, 0.1) is 0 Å². The van der Waals surface area contributed by atoms with Gasteiger partial charge in [-0.2, -0.15) is 0 Å². The molecule has 24 heavy (non-hydrogen) atoms. The smallest absolute Gasteiger partial charge is 0.326 e. The number of benzene rings is 1. The summed E-state index contributed by atoms with van der Waals surface area (Å²) < 4.78 is 0. The van der Waals surface area contributed by atoms with Gasteiger partial charge >= 0.3 is 5.97 Å². The van der Waals surface area contributed by atoms with E-state index >= 15 is 0 Å². The Bertz CT molecular complexity index is 734. The number of carboxylic acids is 1. The minimum atomic E-state index is -0.792. The van der Waals surface area contributed by atoms with Gasteiger partial charge in [-0.25, -0.2) is 14.8 Å². The third-order valence-corrected chi connectivity index (χ3v) is 4.56. The molecule has 1 unspecified atom stereocenters. The predicted octanol–water partition coefficient (Wildman–Crippen LogP) is 3.80. The highest BCUT2D eigenvalue weighted by Gasteiger charge is 2.30. The number of anilines is 1. The number of nitrogens with zero attached hydrogens (tertiary/aromatic N) is 3. The zero-order chi connectivity index (χ0) is 17.1. The van der Waals surface area contributed by atoms with Crippen LogP contribution in [-0.2, 0) is 11.2 Å². The second kappa shape index (κ2) is 7.18. The first-order chi connectivity index (χ1) is 11.6. The van der Waals surface area contributed by atoms with Crippen LogP contribution in [0, 0.1) is 0 Å². The highest BCUT2D eigenvalue weighted by molar-refractivity contribution is 6.30. The Morgan fingerprint density at radius 1 is 1.29 bits per heavy atom. The summed E-state index contributed by atoms with van der Waals surface area (Å²) in [5.74, 6) is 0.508. The number of aryl methyl sites for hydroxylation is 1. The topological polar surface area (TPSA) is 66.3 Å². The van der Waals surface area contributed by atoms with E-state index < -0.39 is 12.0 Å². The van der Waals surface area contributed by atoms with Crippen LogP contribution in [0.15, 0.2) is 30.3 Å². The summed E-state index contributed by atoms with van der Waals surface area (Å²) in [7, 11) is 0. The summed E-state index contributed by atoms with van der Waals surface area (Å²) in [6.07, 6.45) is 3.33. The van der Waals surface area contributed by atoms with Crippen molar-refractivity contribution >= 4 is 23.4 Å². The van der Waals surface area contributed by atoms with Gasteiger partial charge in [0.15, 0.2) is 5.82 Å². The van der Waals surface area contributed by atoms with Crippen LogP contribution >= 0.6 is 11.6 Å². The monoisotopic (exact) mass is 345 g/mol. The molecule has 0 saturated carbocycles. The molecule has 1 aliphatic rings. The van der Waals surface area contributed by atoms with Gasteiger partial charge in [-0.3, -0.25) is 0 Å². The van der Waals surface area contributed by atoms with Crippen LogP contribution < -0.4 is 4.90 Å². The molecule has 0 aliphatic carbocycles. The van der Waals surface area contributed by atoms with Gasteiger partial charge in [0.25, 0.3) is 0 Å². The molecule has 1 N–H and O–H groups in total. The van der Waals surface area contributed by atoms with Crippen LogP contribution in [0.3, 0.4) is 0 Å². The van der Waals surface area contributed by atoms with Gasteiger partial charge in [-0.05, 0) is 49.9 Å². The summed E-state index contributed by atoms with van der Waals surface area (Å²) in [5, 5.41) is 10.2. The molecule has 0 amide bonds. The number of carboxylic acid groups (broad SMARTS) is 1. The SMILES string of the molecule is CCc1cc(N2CCCCC2C(=O)O)nc(-c2ccc(Cl)cc2)n1. The fraction of sp³-hybridized carbons (Fsp3) is 0.389. The average Bonchev–Trinajstić information content (AvgIpc) is 2.61. The van der Waals surface area contributed by atoms with Crippen LogP contribution in [0.2, 0.25) is 5.02 Å². The molecule has 0 spiro atoms. The van der Waals surface area contributed by atoms with Crippen LogP contribution in [0.5, 0.6) is 0 Å². The van der Waals surface area contributed by atoms with Crippen molar-refractivity contribution in [3.8, 4) is 11.4 Å². The molecule has 6 heteroatoms. The molecule has 1 atom stereocenters. The van der Waals surface area contributed by atoms with Gasteiger partial charge in [0, 0.05) is 28.9 Å². The van der Waals surface area contributed by atoms with E-state index in [2.05, 4.69) is 9.97 Å². The molecule has 0 bridgehead atoms. The maximum Gasteiger partial charge on any atom is 0.326 e. The van der Waals surface area contributed by atoms with Crippen molar-refractivity contribution in [2.75, 3.05) is 11.4 Å². The standard InChI is InChI=1S/C18H20ClN3O2/c1-2-14-11-16(22-10-4-3-5-15(22)18(23)24)21-17(20-14)12-6-8-13(19)9-7-12/h6-9,11,15H,2-5,10H2,1H3,(H,23,24). The first-order valence-corrected chi connectivity index (χ1v) is 8.59. The Labute approximate surface area is 146 Å². The summed E-state index contributed by atoms with van der Waals surface area (Å²) in [5.41, 5.74) is 1.78. The second-order valence-electron chi connectivity index (χ2n) is 5.94. The number of halogens is 1. The predicted molar refractivity (Wildman–Crippen MR) is 94.5 cm³/mol. The van der Waals surface area contributed by atoms with Crippen molar-refractivity contribution in [1.82, 2.24) is 9.97 Å². The first kappa shape index (κ1) is 16.7. The lowest BCUT2D eigenvalue weighted by Crippen LogP contribution is -2.45. The van der Waals surface area contributed by atoms with Gasteiger partial charge in [0.2, 0.25) is 0 Å². The van der Waals surface area contributed by atoms with E-state index in [1.165, 1.54) is 0 Å². The number of hydrogen-bond donors (Lipinski definition) is 1. The van der Waals surface area contributed by atoms with Crippen molar-refractivity contribution < 1.29 is 9.90 Å². The molecule has 1 saturated heterocycles. The first-order valence-electron chi connectivity index (χ1n) is 8.22. The minimum absolute atomic E-state index is 0.517. The molecule has 1 fully saturated rings. The lowest BCUT2D eigenvalue weighted by atomic mass is 10.0. The van der Waals surface area contributed by atoms with Crippen molar-refractivity contribution in [3.05, 3.63) is 41.0 Å². The Morgan fingerprint density at radius 3 is 2.71 bits per heavy atom. The molecule has 2 heterocycles. The molecule has 3 rings (SSSR count). The molecule has 1 aromatic carbocycles. The molecule has 5 nitrogen and oxygen atoms in total. The number of carbonyl (C=O) groups is 1. The molecular formula is C18H20ClN3O2. The lowest BCUT2D eigenvalue weighted by molar-refractivity contribution is -0.139. The average molecular weight is 346 g/mol. The zero-order valence-corrected chi connectivity index (χ0v) is 14.3. The van der Waals surface area contributed by atoms with E-state index in [9.17, 15) is 9.90 Å². The molecular weight excluding hydrogens is 326 g/mol. The Hall–Kier alpha value is -2.14. The van der Waals surface area contributed by atoms with Crippen LogP contribution in [0.25, 0.3) is 11.4 Å². The van der Waals surface area contributed by atoms with E-state index in [4.69, 9.17) is 11.6 Å². The summed E-state index contributed by atoms with van der Waals surface area (Å²) in [6, 6.07) is 8.76. The number of aromatic nitrogens is 2. The van der Waals surface area contributed by atoms with E-state index in [0.29, 0.717) is 29.6 Å². The van der Waals surface area contributed by atoms with Gasteiger partial charge in [-0.15, -0.1) is 0 Å². The third-order valence-electron chi connectivity index (χ3n) is 4.31. The highest BCUT2D eigenvalue weighted by Crippen LogP contribution is 2.27. The number of hydrogen-bond acceptors (Lipinski definition) is 4. The van der Waals surface area contributed by atoms with Gasteiger partial charge < -0.3 is 10.0 Å². The summed E-state index contributed by atoms with van der Waals surface area (Å²) >= 11 is 5.95. The number of piperidine rings is 1. The quantitative estimate of drug-likeness (QED) is 0.912. The molecule has 2 aromatic rings. The van der Waals surface area contributed by atoms with Crippen molar-refractivity contribution in [2.24, 2.45) is 0 Å². The molecule has 0 radical (unpaired) electrons. The largest absolute Gasteiger partial charge is 0.480 e. The lowest BCUT2D eigenvalue weighted by Gasteiger charge is -2.34. The van der Waals surface area contributed by atoms with E-state index in [-0.39, 0.29) is 0 Å². The van der Waals surface area contributed by atoms with Crippen LogP contribution in [0.4, 0.5) is 5.82 Å². The fourth-order valence-electron chi connectivity index (χ4n) is 3.00. The summed E-state index contributed by atoms with van der Waals surface area (Å²) in [4.78, 5) is 22.7. The fourth-order valence-corrected chi connectivity index (χ4v) is 3.13. The Morgan fingerprint density at radius 2 is 2.04 bits per heavy atom. The maximum atomic E-state index is 11.6. The highest BCUT2D eigenvalue weighted by atomic mass is 35.5. The zero-order valence-electron chi connectivity index (χ0n) is 13.6. The van der Waals surface area contributed by atoms with Crippen molar-refractivity contribution in [1.29, 1.82) is 0 Å². The maximum absolute atomic E-state index is 11.6. The Kier molecular flexibility index (Phi) is 5.00. The molecule has 1 aliphatic heterocycles. The van der Waals surface area contributed by atoms with Crippen LogP contribution in [-0.4, -0.2) is 33.6 Å². The summed E-state index contributed by atoms with van der Waals surface area (Å²) in [6.45, 7) is 2.74. The van der Waals surface area contributed by atoms with Gasteiger partial charge in [-0.1, -0.05) is 18.5 Å².